The lowest BCUT2D eigenvalue weighted by Crippen LogP contribution is -2.31. The van der Waals surface area contributed by atoms with Crippen LogP contribution in [-0.4, -0.2) is 15.0 Å². The van der Waals surface area contributed by atoms with Crippen molar-refractivity contribution in [1.82, 2.24) is 4.72 Å². The van der Waals surface area contributed by atoms with Gasteiger partial charge in [0.25, 0.3) is 10.2 Å². The molecule has 0 aliphatic carbocycles. The molecule has 0 heterocycles. The van der Waals surface area contributed by atoms with E-state index in [-0.39, 0.29) is 12.2 Å². The predicted octanol–water partition coefficient (Wildman–Crippen LogP) is 1.20. The molecule has 0 fully saturated rings. The topological polar surface area (TPSA) is 84.2 Å². The first-order valence-corrected chi connectivity index (χ1v) is 6.36. The monoisotopic (exact) mass is 265 g/mol. The minimum atomic E-state index is -3.90. The van der Waals surface area contributed by atoms with E-state index >= 15 is 0 Å². The summed E-state index contributed by atoms with van der Waals surface area (Å²) in [7, 11) is -3.90. The number of halogens is 2. The fourth-order valence-electron chi connectivity index (χ4n) is 1.11. The Hall–Kier alpha value is -1.41. The van der Waals surface area contributed by atoms with Gasteiger partial charge in [0.15, 0.2) is 5.82 Å². The standard InChI is InChI=1S/C9H13F2N3O2S/c1-2-3-13-17(15,16)14-9-7(11)4-6(10)5-8(9)12/h4-5,13-14H,2-3,12H2,1H3. The predicted molar refractivity (Wildman–Crippen MR) is 61.6 cm³/mol. The summed E-state index contributed by atoms with van der Waals surface area (Å²) < 4.78 is 52.9. The van der Waals surface area contributed by atoms with Gasteiger partial charge in [0.05, 0.1) is 5.69 Å². The molecule has 96 valence electrons. The fourth-order valence-corrected chi connectivity index (χ4v) is 2.14. The van der Waals surface area contributed by atoms with Crippen LogP contribution >= 0.6 is 0 Å². The molecule has 1 aromatic rings. The van der Waals surface area contributed by atoms with E-state index in [9.17, 15) is 17.2 Å². The summed E-state index contributed by atoms with van der Waals surface area (Å²) in [5.74, 6) is -1.94. The molecule has 0 atom stereocenters. The molecule has 0 aliphatic heterocycles. The first-order chi connectivity index (χ1) is 7.85. The van der Waals surface area contributed by atoms with Crippen LogP contribution in [-0.2, 0) is 10.2 Å². The molecule has 0 radical (unpaired) electrons. The Labute approximate surface area is 98.2 Å². The van der Waals surface area contributed by atoms with Crippen molar-refractivity contribution < 1.29 is 17.2 Å². The molecular weight excluding hydrogens is 252 g/mol. The lowest BCUT2D eigenvalue weighted by Gasteiger charge is -2.11. The average molecular weight is 265 g/mol. The minimum Gasteiger partial charge on any atom is -0.397 e. The smallest absolute Gasteiger partial charge is 0.299 e. The maximum atomic E-state index is 13.3. The molecule has 0 bridgehead atoms. The molecule has 4 N–H and O–H groups in total. The first kappa shape index (κ1) is 13.7. The van der Waals surface area contributed by atoms with Gasteiger partial charge in [0.1, 0.15) is 11.5 Å². The summed E-state index contributed by atoms with van der Waals surface area (Å²) in [6, 6.07) is 1.38. The molecule has 5 nitrogen and oxygen atoms in total. The molecule has 1 rings (SSSR count). The van der Waals surface area contributed by atoms with E-state index < -0.39 is 27.5 Å². The van der Waals surface area contributed by atoms with Gasteiger partial charge in [-0.2, -0.15) is 13.1 Å². The van der Waals surface area contributed by atoms with Crippen LogP contribution < -0.4 is 15.2 Å². The van der Waals surface area contributed by atoms with E-state index in [0.717, 1.165) is 6.07 Å². The number of hydrogen-bond acceptors (Lipinski definition) is 3. The highest BCUT2D eigenvalue weighted by Crippen LogP contribution is 2.24. The number of anilines is 2. The molecule has 0 saturated carbocycles. The largest absolute Gasteiger partial charge is 0.397 e. The molecule has 0 unspecified atom stereocenters. The maximum Gasteiger partial charge on any atom is 0.299 e. The van der Waals surface area contributed by atoms with Crippen molar-refractivity contribution in [3.63, 3.8) is 0 Å². The van der Waals surface area contributed by atoms with Gasteiger partial charge in [-0.3, -0.25) is 4.72 Å². The van der Waals surface area contributed by atoms with Crippen molar-refractivity contribution in [3.8, 4) is 0 Å². The van der Waals surface area contributed by atoms with Crippen molar-refractivity contribution in [3.05, 3.63) is 23.8 Å². The van der Waals surface area contributed by atoms with Crippen LogP contribution in [0.1, 0.15) is 13.3 Å². The third-order valence-corrected chi connectivity index (χ3v) is 2.92. The number of hydrogen-bond donors (Lipinski definition) is 3. The molecule has 0 aliphatic rings. The van der Waals surface area contributed by atoms with Crippen LogP contribution in [0.2, 0.25) is 0 Å². The van der Waals surface area contributed by atoms with Gasteiger partial charge in [-0.15, -0.1) is 0 Å². The Bertz CT molecular complexity index is 482. The first-order valence-electron chi connectivity index (χ1n) is 4.87. The zero-order valence-corrected chi connectivity index (χ0v) is 9.94. The Morgan fingerprint density at radius 1 is 1.35 bits per heavy atom. The quantitative estimate of drug-likeness (QED) is 0.699. The van der Waals surface area contributed by atoms with Crippen molar-refractivity contribution in [2.45, 2.75) is 13.3 Å². The van der Waals surface area contributed by atoms with E-state index in [0.29, 0.717) is 12.5 Å². The third-order valence-electron chi connectivity index (χ3n) is 1.86. The molecule has 0 aromatic heterocycles. The van der Waals surface area contributed by atoms with Gasteiger partial charge in [-0.1, -0.05) is 6.92 Å². The summed E-state index contributed by atoms with van der Waals surface area (Å²) in [6.45, 7) is 1.98. The van der Waals surface area contributed by atoms with E-state index in [1.807, 2.05) is 4.72 Å². The second-order valence-electron chi connectivity index (χ2n) is 3.35. The number of nitrogen functional groups attached to an aromatic ring is 1. The highest BCUT2D eigenvalue weighted by atomic mass is 32.2. The second kappa shape index (κ2) is 5.28. The summed E-state index contributed by atoms with van der Waals surface area (Å²) in [5, 5.41) is 0. The third kappa shape index (κ3) is 3.82. The zero-order valence-electron chi connectivity index (χ0n) is 9.13. The molecule has 17 heavy (non-hydrogen) atoms. The number of benzene rings is 1. The summed E-state index contributed by atoms with van der Waals surface area (Å²) in [4.78, 5) is 0. The van der Waals surface area contributed by atoms with Crippen LogP contribution in [0.15, 0.2) is 12.1 Å². The minimum absolute atomic E-state index is 0.206. The van der Waals surface area contributed by atoms with Crippen molar-refractivity contribution in [1.29, 1.82) is 0 Å². The zero-order chi connectivity index (χ0) is 13.1. The van der Waals surface area contributed by atoms with Crippen LogP contribution in [0.3, 0.4) is 0 Å². The van der Waals surface area contributed by atoms with Crippen molar-refractivity contribution in [2.75, 3.05) is 17.0 Å². The van der Waals surface area contributed by atoms with Gasteiger partial charge < -0.3 is 5.73 Å². The Morgan fingerprint density at radius 2 is 2.00 bits per heavy atom. The van der Waals surface area contributed by atoms with Gasteiger partial charge >= 0.3 is 0 Å². The molecular formula is C9H13F2N3O2S. The molecule has 0 saturated heterocycles. The Kier molecular flexibility index (Phi) is 4.24. The van der Waals surface area contributed by atoms with Crippen molar-refractivity contribution >= 4 is 21.6 Å². The number of nitrogens with one attached hydrogen (secondary N) is 2. The van der Waals surface area contributed by atoms with E-state index in [2.05, 4.69) is 4.72 Å². The van der Waals surface area contributed by atoms with Gasteiger partial charge in [0.2, 0.25) is 0 Å². The highest BCUT2D eigenvalue weighted by molar-refractivity contribution is 7.90. The normalized spacial score (nSPS) is 11.5. The molecule has 0 spiro atoms. The van der Waals surface area contributed by atoms with Gasteiger partial charge in [-0.05, 0) is 12.5 Å². The summed E-state index contributed by atoms with van der Waals surface area (Å²) in [6.07, 6.45) is 0.586. The highest BCUT2D eigenvalue weighted by Gasteiger charge is 2.15. The maximum absolute atomic E-state index is 13.3. The summed E-state index contributed by atoms with van der Waals surface area (Å²) >= 11 is 0. The molecule has 8 heteroatoms. The molecule has 0 amide bonds. The summed E-state index contributed by atoms with van der Waals surface area (Å²) in [5.41, 5.74) is 4.54. The fraction of sp³-hybridized carbons (Fsp3) is 0.333. The number of nitrogens with two attached hydrogens (primary N) is 1. The lowest BCUT2D eigenvalue weighted by atomic mass is 10.2. The van der Waals surface area contributed by atoms with Crippen LogP contribution in [0.25, 0.3) is 0 Å². The Morgan fingerprint density at radius 3 is 2.53 bits per heavy atom. The van der Waals surface area contributed by atoms with Gasteiger partial charge in [-0.25, -0.2) is 8.78 Å². The van der Waals surface area contributed by atoms with E-state index in [4.69, 9.17) is 5.73 Å². The SMILES string of the molecule is CCCNS(=O)(=O)Nc1c(N)cc(F)cc1F. The van der Waals surface area contributed by atoms with Crippen LogP contribution in [0.4, 0.5) is 20.2 Å². The van der Waals surface area contributed by atoms with E-state index in [1.54, 1.807) is 6.92 Å². The Balaban J connectivity index is 2.96. The van der Waals surface area contributed by atoms with E-state index in [1.165, 1.54) is 0 Å². The van der Waals surface area contributed by atoms with Crippen LogP contribution in [0.5, 0.6) is 0 Å². The molecule has 1 aromatic carbocycles. The van der Waals surface area contributed by atoms with Gasteiger partial charge in [0, 0.05) is 12.6 Å². The number of rotatable bonds is 5. The van der Waals surface area contributed by atoms with Crippen LogP contribution in [0, 0.1) is 11.6 Å². The lowest BCUT2D eigenvalue weighted by molar-refractivity contribution is 0.578. The van der Waals surface area contributed by atoms with Crippen molar-refractivity contribution in [2.24, 2.45) is 0 Å². The average Bonchev–Trinajstić information content (AvgIpc) is 2.21. The second-order valence-corrected chi connectivity index (χ2v) is 4.85.